The van der Waals surface area contributed by atoms with Gasteiger partial charge in [-0.05, 0) is 34.5 Å². The molecule has 3 rings (SSSR count). The van der Waals surface area contributed by atoms with Gasteiger partial charge in [0.2, 0.25) is 11.8 Å². The van der Waals surface area contributed by atoms with Gasteiger partial charge in [-0.1, -0.05) is 42.5 Å². The molecule has 0 atom stereocenters. The molecule has 0 aromatic heterocycles. The molecule has 0 unspecified atom stereocenters. The van der Waals surface area contributed by atoms with Crippen molar-refractivity contribution in [3.8, 4) is 0 Å². The van der Waals surface area contributed by atoms with Gasteiger partial charge in [-0.3, -0.25) is 9.59 Å². The summed E-state index contributed by atoms with van der Waals surface area (Å²) in [6.07, 6.45) is 2.89. The number of amides is 2. The maximum absolute atomic E-state index is 13.5. The van der Waals surface area contributed by atoms with Crippen LogP contribution in [0.25, 0.3) is 16.8 Å². The van der Waals surface area contributed by atoms with E-state index in [1.807, 2.05) is 42.5 Å². The van der Waals surface area contributed by atoms with E-state index in [1.165, 1.54) is 6.08 Å². The van der Waals surface area contributed by atoms with Crippen molar-refractivity contribution < 1.29 is 22.8 Å². The van der Waals surface area contributed by atoms with E-state index in [-0.39, 0.29) is 0 Å². The molecule has 0 bridgehead atoms. The number of hydrogen-bond donors (Lipinski definition) is 2. The fourth-order valence-corrected chi connectivity index (χ4v) is 2.60. The van der Waals surface area contributed by atoms with E-state index in [2.05, 4.69) is 10.6 Å². The molecule has 28 heavy (non-hydrogen) atoms. The molecule has 0 aliphatic heterocycles. The first-order valence-electron chi connectivity index (χ1n) is 8.33. The molecule has 0 aliphatic carbocycles. The molecule has 0 saturated carbocycles. The van der Waals surface area contributed by atoms with E-state index in [1.54, 1.807) is 6.08 Å². The molecule has 142 valence electrons. The van der Waals surface area contributed by atoms with Crippen molar-refractivity contribution in [3.05, 3.63) is 83.7 Å². The number of rotatable bonds is 5. The molecule has 7 heteroatoms. The highest BCUT2D eigenvalue weighted by molar-refractivity contribution is 5.99. The molecule has 2 N–H and O–H groups in total. The third-order valence-electron chi connectivity index (χ3n) is 3.97. The van der Waals surface area contributed by atoms with Crippen LogP contribution in [0.4, 0.5) is 18.9 Å². The number of anilines is 1. The summed E-state index contributed by atoms with van der Waals surface area (Å²) in [5.41, 5.74) is 0.325. The van der Waals surface area contributed by atoms with Crippen LogP contribution < -0.4 is 10.6 Å². The summed E-state index contributed by atoms with van der Waals surface area (Å²) >= 11 is 0. The number of hydrogen-bond acceptors (Lipinski definition) is 2. The van der Waals surface area contributed by atoms with Crippen LogP contribution in [0.2, 0.25) is 0 Å². The molecule has 3 aromatic carbocycles. The summed E-state index contributed by atoms with van der Waals surface area (Å²) < 4.78 is 39.6. The predicted octanol–water partition coefficient (Wildman–Crippen LogP) is 4.03. The lowest BCUT2D eigenvalue weighted by Gasteiger charge is -2.07. The van der Waals surface area contributed by atoms with Gasteiger partial charge in [0.1, 0.15) is 0 Å². The Kier molecular flexibility index (Phi) is 5.74. The van der Waals surface area contributed by atoms with Crippen LogP contribution in [0.5, 0.6) is 0 Å². The normalized spacial score (nSPS) is 11.0. The Balaban J connectivity index is 1.59. The maximum Gasteiger partial charge on any atom is 0.244 e. The first-order chi connectivity index (χ1) is 13.5. The van der Waals surface area contributed by atoms with Crippen molar-refractivity contribution in [3.63, 3.8) is 0 Å². The molecule has 0 saturated heterocycles. The zero-order valence-electron chi connectivity index (χ0n) is 14.5. The third kappa shape index (κ3) is 4.37. The third-order valence-corrected chi connectivity index (χ3v) is 3.97. The first kappa shape index (κ1) is 19.2. The topological polar surface area (TPSA) is 58.2 Å². The Morgan fingerprint density at radius 2 is 1.64 bits per heavy atom. The van der Waals surface area contributed by atoms with Crippen molar-refractivity contribution in [1.82, 2.24) is 5.32 Å². The quantitative estimate of drug-likeness (QED) is 0.516. The Labute approximate surface area is 158 Å². The van der Waals surface area contributed by atoms with Crippen LogP contribution in [0.3, 0.4) is 0 Å². The van der Waals surface area contributed by atoms with Gasteiger partial charge in [-0.2, -0.15) is 0 Å². The van der Waals surface area contributed by atoms with Gasteiger partial charge in [0, 0.05) is 6.08 Å². The highest BCUT2D eigenvalue weighted by atomic mass is 19.2. The number of halogens is 3. The van der Waals surface area contributed by atoms with E-state index in [9.17, 15) is 22.8 Å². The average Bonchev–Trinajstić information content (AvgIpc) is 2.71. The predicted molar refractivity (Wildman–Crippen MR) is 101 cm³/mol. The minimum Gasteiger partial charge on any atom is -0.343 e. The standard InChI is InChI=1S/C21H15F3N2O2/c22-16-9-10-17(21(24)20(16)23)26-19(28)12-25-18(27)11-8-14-6-3-5-13-4-1-2-7-15(13)14/h1-11H,12H2,(H,25,27)(H,26,28)/b11-8+. The zero-order chi connectivity index (χ0) is 20.1. The minimum atomic E-state index is -1.68. The van der Waals surface area contributed by atoms with Gasteiger partial charge in [-0.25, -0.2) is 13.2 Å². The van der Waals surface area contributed by atoms with Gasteiger partial charge < -0.3 is 10.6 Å². The van der Waals surface area contributed by atoms with Crippen LogP contribution in [-0.2, 0) is 9.59 Å². The molecule has 4 nitrogen and oxygen atoms in total. The van der Waals surface area contributed by atoms with Gasteiger partial charge in [0.15, 0.2) is 17.5 Å². The highest BCUT2D eigenvalue weighted by Gasteiger charge is 2.15. The molecule has 2 amide bonds. The van der Waals surface area contributed by atoms with Crippen LogP contribution in [0.15, 0.2) is 60.7 Å². The molecule has 3 aromatic rings. The van der Waals surface area contributed by atoms with Crippen molar-refractivity contribution in [2.75, 3.05) is 11.9 Å². The van der Waals surface area contributed by atoms with Crippen LogP contribution in [0, 0.1) is 17.5 Å². The lowest BCUT2D eigenvalue weighted by molar-refractivity contribution is -0.121. The van der Waals surface area contributed by atoms with E-state index in [0.29, 0.717) is 6.07 Å². The van der Waals surface area contributed by atoms with E-state index in [4.69, 9.17) is 0 Å². The van der Waals surface area contributed by atoms with Gasteiger partial charge in [0.05, 0.1) is 12.2 Å². The van der Waals surface area contributed by atoms with Crippen LogP contribution in [-0.4, -0.2) is 18.4 Å². The number of benzene rings is 3. The minimum absolute atomic E-state index is 0.461. The lowest BCUT2D eigenvalue weighted by Crippen LogP contribution is -2.32. The van der Waals surface area contributed by atoms with Crippen LogP contribution in [0.1, 0.15) is 5.56 Å². The molecule has 0 radical (unpaired) electrons. The summed E-state index contributed by atoms with van der Waals surface area (Å²) in [4.78, 5) is 23.7. The molecule has 0 fully saturated rings. The summed E-state index contributed by atoms with van der Waals surface area (Å²) in [5.74, 6) is -5.86. The van der Waals surface area contributed by atoms with Gasteiger partial charge in [-0.15, -0.1) is 0 Å². The number of fused-ring (bicyclic) bond motifs is 1. The lowest BCUT2D eigenvalue weighted by atomic mass is 10.0. The van der Waals surface area contributed by atoms with E-state index >= 15 is 0 Å². The largest absolute Gasteiger partial charge is 0.343 e. The van der Waals surface area contributed by atoms with Crippen molar-refractivity contribution in [1.29, 1.82) is 0 Å². The molecule has 0 aliphatic rings. The summed E-state index contributed by atoms with van der Waals surface area (Å²) in [6.45, 7) is -0.461. The fourth-order valence-electron chi connectivity index (χ4n) is 2.60. The second-order valence-electron chi connectivity index (χ2n) is 5.89. The Morgan fingerprint density at radius 3 is 2.46 bits per heavy atom. The van der Waals surface area contributed by atoms with Crippen molar-refractivity contribution in [2.45, 2.75) is 0 Å². The summed E-state index contributed by atoms with van der Waals surface area (Å²) in [6, 6.07) is 14.9. The van der Waals surface area contributed by atoms with E-state index in [0.717, 1.165) is 22.4 Å². The second kappa shape index (κ2) is 8.39. The first-order valence-corrected chi connectivity index (χ1v) is 8.33. The summed E-state index contributed by atoms with van der Waals surface area (Å²) in [7, 11) is 0. The molecular weight excluding hydrogens is 369 g/mol. The van der Waals surface area contributed by atoms with Crippen LogP contribution >= 0.6 is 0 Å². The number of carbonyl (C=O) groups excluding carboxylic acids is 2. The Morgan fingerprint density at radius 1 is 0.893 bits per heavy atom. The Bertz CT molecular complexity index is 1080. The molecule has 0 spiro atoms. The maximum atomic E-state index is 13.5. The number of nitrogens with one attached hydrogen (secondary N) is 2. The van der Waals surface area contributed by atoms with Crippen molar-refractivity contribution in [2.24, 2.45) is 0 Å². The molecule has 0 heterocycles. The van der Waals surface area contributed by atoms with E-state index < -0.39 is 41.5 Å². The monoisotopic (exact) mass is 384 g/mol. The zero-order valence-corrected chi connectivity index (χ0v) is 14.5. The smallest absolute Gasteiger partial charge is 0.244 e. The van der Waals surface area contributed by atoms with Crippen molar-refractivity contribution >= 4 is 34.4 Å². The van der Waals surface area contributed by atoms with Gasteiger partial charge >= 0.3 is 0 Å². The number of carbonyl (C=O) groups is 2. The highest BCUT2D eigenvalue weighted by Crippen LogP contribution is 2.20. The summed E-state index contributed by atoms with van der Waals surface area (Å²) in [5, 5.41) is 6.41. The fraction of sp³-hybridized carbons (Fsp3) is 0.0476. The Hall–Kier alpha value is -3.61. The average molecular weight is 384 g/mol. The SMILES string of the molecule is O=C(/C=C/c1cccc2ccccc12)NCC(=O)Nc1ccc(F)c(F)c1F. The molecular formula is C21H15F3N2O2. The second-order valence-corrected chi connectivity index (χ2v) is 5.89. The van der Waals surface area contributed by atoms with Gasteiger partial charge in [0.25, 0.3) is 0 Å².